The third-order valence-corrected chi connectivity index (χ3v) is 5.47. The van der Waals surface area contributed by atoms with Gasteiger partial charge in [-0.2, -0.15) is 0 Å². The maximum atomic E-state index is 12.4. The lowest BCUT2D eigenvalue weighted by molar-refractivity contribution is -0.116. The zero-order valence-corrected chi connectivity index (χ0v) is 17.8. The number of anilines is 2. The van der Waals surface area contributed by atoms with Crippen molar-refractivity contribution in [3.05, 3.63) is 102 Å². The van der Waals surface area contributed by atoms with Crippen LogP contribution in [0.5, 0.6) is 0 Å². The largest absolute Gasteiger partial charge is 0.374 e. The molecular formula is C27H27N3O. The van der Waals surface area contributed by atoms with Gasteiger partial charge in [-0.3, -0.25) is 9.78 Å². The molecule has 4 aromatic rings. The Kier molecular flexibility index (Phi) is 6.58. The Balaban J connectivity index is 1.26. The molecule has 0 atom stereocenters. The summed E-state index contributed by atoms with van der Waals surface area (Å²) in [5.74, 6) is 0.00105. The highest BCUT2D eigenvalue weighted by Crippen LogP contribution is 2.18. The Morgan fingerprint density at radius 1 is 0.871 bits per heavy atom. The molecule has 4 rings (SSSR count). The van der Waals surface area contributed by atoms with E-state index in [4.69, 9.17) is 0 Å². The molecule has 0 aliphatic heterocycles. The van der Waals surface area contributed by atoms with Crippen LogP contribution in [0.1, 0.15) is 17.5 Å². The fourth-order valence-electron chi connectivity index (χ4n) is 3.61. The van der Waals surface area contributed by atoms with E-state index in [0.717, 1.165) is 35.1 Å². The minimum atomic E-state index is 0.00105. The first-order chi connectivity index (χ1) is 15.2. The highest BCUT2D eigenvalue weighted by atomic mass is 16.1. The minimum Gasteiger partial charge on any atom is -0.374 e. The number of likely N-dealkylation sites (N-methyl/N-ethyl adjacent to an activating group) is 1. The molecule has 0 saturated carbocycles. The van der Waals surface area contributed by atoms with Crippen molar-refractivity contribution in [2.45, 2.75) is 19.3 Å². The zero-order chi connectivity index (χ0) is 21.5. The Hall–Kier alpha value is -3.66. The van der Waals surface area contributed by atoms with Gasteiger partial charge >= 0.3 is 0 Å². The molecule has 0 aliphatic carbocycles. The van der Waals surface area contributed by atoms with Gasteiger partial charge in [-0.05, 0) is 48.2 Å². The summed E-state index contributed by atoms with van der Waals surface area (Å²) in [4.78, 5) is 19.0. The summed E-state index contributed by atoms with van der Waals surface area (Å²) < 4.78 is 0. The van der Waals surface area contributed by atoms with Crippen LogP contribution in [0, 0.1) is 0 Å². The standard InChI is InChI=1S/C27H27N3O/c1-30(18-17-21-7-3-2-4-8-21)25-14-11-22(12-15-25)13-16-27(31)29-24-19-23-9-5-6-10-26(23)28-20-24/h2-12,14-15,19-20H,13,16-18H2,1H3,(H,29,31). The van der Waals surface area contributed by atoms with Gasteiger partial charge in [0.15, 0.2) is 0 Å². The maximum absolute atomic E-state index is 12.4. The normalized spacial score (nSPS) is 10.7. The van der Waals surface area contributed by atoms with Crippen molar-refractivity contribution in [3.63, 3.8) is 0 Å². The molecule has 0 aliphatic rings. The Morgan fingerprint density at radius 3 is 2.39 bits per heavy atom. The van der Waals surface area contributed by atoms with Gasteiger partial charge in [-0.15, -0.1) is 0 Å². The fraction of sp³-hybridized carbons (Fsp3) is 0.185. The van der Waals surface area contributed by atoms with Gasteiger partial charge in [-0.1, -0.05) is 60.7 Å². The van der Waals surface area contributed by atoms with Crippen LogP contribution in [0.2, 0.25) is 0 Å². The molecule has 1 aromatic heterocycles. The average molecular weight is 410 g/mol. The van der Waals surface area contributed by atoms with Gasteiger partial charge in [-0.25, -0.2) is 0 Å². The van der Waals surface area contributed by atoms with Gasteiger partial charge < -0.3 is 10.2 Å². The Morgan fingerprint density at radius 2 is 1.58 bits per heavy atom. The van der Waals surface area contributed by atoms with Gasteiger partial charge in [0.2, 0.25) is 5.91 Å². The topological polar surface area (TPSA) is 45.2 Å². The first kappa shape index (κ1) is 20.6. The molecule has 0 bridgehead atoms. The van der Waals surface area contributed by atoms with Crippen molar-refractivity contribution < 1.29 is 4.79 Å². The van der Waals surface area contributed by atoms with E-state index in [1.807, 2.05) is 36.4 Å². The van der Waals surface area contributed by atoms with E-state index in [1.54, 1.807) is 6.20 Å². The molecule has 156 valence electrons. The predicted molar refractivity (Wildman–Crippen MR) is 129 cm³/mol. The van der Waals surface area contributed by atoms with Gasteiger partial charge in [0.25, 0.3) is 0 Å². The number of carbonyl (C=O) groups excluding carboxylic acids is 1. The number of aromatic nitrogens is 1. The van der Waals surface area contributed by atoms with E-state index < -0.39 is 0 Å². The number of pyridine rings is 1. The second-order valence-corrected chi connectivity index (χ2v) is 7.79. The quantitative estimate of drug-likeness (QED) is 0.419. The third-order valence-electron chi connectivity index (χ3n) is 5.47. The van der Waals surface area contributed by atoms with Gasteiger partial charge in [0.05, 0.1) is 17.4 Å². The van der Waals surface area contributed by atoms with Crippen molar-refractivity contribution in [1.82, 2.24) is 4.98 Å². The number of rotatable bonds is 8. The maximum Gasteiger partial charge on any atom is 0.224 e. The molecule has 1 heterocycles. The Bertz CT molecular complexity index is 1140. The summed E-state index contributed by atoms with van der Waals surface area (Å²) in [7, 11) is 2.11. The first-order valence-corrected chi connectivity index (χ1v) is 10.7. The molecule has 1 amide bonds. The molecule has 0 unspecified atom stereocenters. The highest BCUT2D eigenvalue weighted by molar-refractivity contribution is 5.93. The number of para-hydroxylation sites is 1. The highest BCUT2D eigenvalue weighted by Gasteiger charge is 2.06. The van der Waals surface area contributed by atoms with Crippen LogP contribution in [-0.2, 0) is 17.6 Å². The van der Waals surface area contributed by atoms with Gasteiger partial charge in [0, 0.05) is 31.1 Å². The van der Waals surface area contributed by atoms with Gasteiger partial charge in [0.1, 0.15) is 0 Å². The van der Waals surface area contributed by atoms with Crippen LogP contribution in [0.3, 0.4) is 0 Å². The number of benzene rings is 3. The van der Waals surface area contributed by atoms with E-state index in [1.165, 1.54) is 11.3 Å². The van der Waals surface area contributed by atoms with Crippen molar-refractivity contribution in [2.24, 2.45) is 0 Å². The number of hydrogen-bond acceptors (Lipinski definition) is 3. The van der Waals surface area contributed by atoms with E-state index in [9.17, 15) is 4.79 Å². The predicted octanol–water partition coefficient (Wildman–Crippen LogP) is 5.49. The summed E-state index contributed by atoms with van der Waals surface area (Å²) >= 11 is 0. The molecule has 4 heteroatoms. The van der Waals surface area contributed by atoms with Crippen molar-refractivity contribution in [1.29, 1.82) is 0 Å². The first-order valence-electron chi connectivity index (χ1n) is 10.7. The fourth-order valence-corrected chi connectivity index (χ4v) is 3.61. The number of fused-ring (bicyclic) bond motifs is 1. The molecule has 0 fully saturated rings. The van der Waals surface area contributed by atoms with Crippen molar-refractivity contribution >= 4 is 28.2 Å². The van der Waals surface area contributed by atoms with Crippen LogP contribution in [0.15, 0.2) is 91.1 Å². The number of amides is 1. The van der Waals surface area contributed by atoms with Crippen LogP contribution >= 0.6 is 0 Å². The minimum absolute atomic E-state index is 0.00105. The van der Waals surface area contributed by atoms with Crippen molar-refractivity contribution in [3.8, 4) is 0 Å². The summed E-state index contributed by atoms with van der Waals surface area (Å²) in [6.07, 6.45) is 3.88. The SMILES string of the molecule is CN(CCc1ccccc1)c1ccc(CCC(=O)Nc2cnc3ccccc3c2)cc1. The second kappa shape index (κ2) is 9.90. The zero-order valence-electron chi connectivity index (χ0n) is 17.8. The lowest BCUT2D eigenvalue weighted by Gasteiger charge is -2.19. The summed E-state index contributed by atoms with van der Waals surface area (Å²) in [6.45, 7) is 0.964. The molecule has 0 spiro atoms. The molecule has 1 N–H and O–H groups in total. The molecular weight excluding hydrogens is 382 g/mol. The number of hydrogen-bond donors (Lipinski definition) is 1. The molecule has 0 saturated heterocycles. The average Bonchev–Trinajstić information content (AvgIpc) is 2.82. The lowest BCUT2D eigenvalue weighted by Crippen LogP contribution is -2.20. The van der Waals surface area contributed by atoms with Crippen LogP contribution in [0.25, 0.3) is 10.9 Å². The molecule has 3 aromatic carbocycles. The number of carbonyl (C=O) groups is 1. The summed E-state index contributed by atoms with van der Waals surface area (Å²) in [6, 6.07) is 28.9. The van der Waals surface area contributed by atoms with Crippen molar-refractivity contribution in [2.75, 3.05) is 23.8 Å². The molecule has 31 heavy (non-hydrogen) atoms. The molecule has 0 radical (unpaired) electrons. The summed E-state index contributed by atoms with van der Waals surface area (Å²) in [5, 5.41) is 3.98. The number of aryl methyl sites for hydroxylation is 1. The lowest BCUT2D eigenvalue weighted by atomic mass is 10.1. The van der Waals surface area contributed by atoms with E-state index >= 15 is 0 Å². The third kappa shape index (κ3) is 5.70. The second-order valence-electron chi connectivity index (χ2n) is 7.79. The van der Waals surface area contributed by atoms with E-state index in [2.05, 4.69) is 70.8 Å². The molecule has 4 nitrogen and oxygen atoms in total. The van der Waals surface area contributed by atoms with E-state index in [0.29, 0.717) is 12.8 Å². The summed E-state index contributed by atoms with van der Waals surface area (Å²) in [5.41, 5.74) is 5.35. The van der Waals surface area contributed by atoms with Crippen LogP contribution < -0.4 is 10.2 Å². The van der Waals surface area contributed by atoms with Crippen LogP contribution in [0.4, 0.5) is 11.4 Å². The smallest absolute Gasteiger partial charge is 0.224 e. The number of nitrogens with one attached hydrogen (secondary N) is 1. The van der Waals surface area contributed by atoms with Crippen LogP contribution in [-0.4, -0.2) is 24.5 Å². The Labute approximate surface area is 183 Å². The number of nitrogens with zero attached hydrogens (tertiary/aromatic N) is 2. The van der Waals surface area contributed by atoms with E-state index in [-0.39, 0.29) is 5.91 Å². The monoisotopic (exact) mass is 409 g/mol.